The lowest BCUT2D eigenvalue weighted by Crippen LogP contribution is -2.26. The Bertz CT molecular complexity index is 1090. The predicted octanol–water partition coefficient (Wildman–Crippen LogP) is 3.04. The molecule has 2 aromatic carbocycles. The Morgan fingerprint density at radius 2 is 1.93 bits per heavy atom. The van der Waals surface area contributed by atoms with Crippen LogP contribution in [0.25, 0.3) is 16.8 Å². The molecular formula is C20H19N5O2. The van der Waals surface area contributed by atoms with Gasteiger partial charge in [0.2, 0.25) is 0 Å². The molecule has 4 rings (SSSR count). The Morgan fingerprint density at radius 3 is 2.63 bits per heavy atom. The van der Waals surface area contributed by atoms with E-state index in [2.05, 4.69) is 15.3 Å². The third-order valence-corrected chi connectivity index (χ3v) is 4.63. The van der Waals surface area contributed by atoms with Crippen molar-refractivity contribution < 1.29 is 4.74 Å². The molecule has 0 saturated carbocycles. The van der Waals surface area contributed by atoms with Crippen molar-refractivity contribution in [3.63, 3.8) is 0 Å². The molecule has 0 aliphatic heterocycles. The Labute approximate surface area is 155 Å². The molecule has 1 unspecified atom stereocenters. The lowest BCUT2D eigenvalue weighted by Gasteiger charge is -2.13. The molecule has 7 nitrogen and oxygen atoms in total. The Kier molecular flexibility index (Phi) is 4.33. The van der Waals surface area contributed by atoms with Crippen molar-refractivity contribution >= 4 is 0 Å². The zero-order valence-electron chi connectivity index (χ0n) is 15.0. The van der Waals surface area contributed by atoms with Gasteiger partial charge in [0.05, 0.1) is 25.0 Å². The number of hydrogen-bond donors (Lipinski definition) is 1. The van der Waals surface area contributed by atoms with E-state index in [0.29, 0.717) is 5.69 Å². The van der Waals surface area contributed by atoms with Crippen LogP contribution < -0.4 is 10.4 Å². The van der Waals surface area contributed by atoms with E-state index in [-0.39, 0.29) is 11.7 Å². The molecule has 136 valence electrons. The lowest BCUT2D eigenvalue weighted by molar-refractivity contribution is 0.413. The molecule has 7 heteroatoms. The van der Waals surface area contributed by atoms with E-state index < -0.39 is 0 Å². The molecule has 0 fully saturated rings. The maximum Gasteiger partial charge on any atom is 0.351 e. The fourth-order valence-corrected chi connectivity index (χ4v) is 3.02. The zero-order valence-corrected chi connectivity index (χ0v) is 15.0. The van der Waals surface area contributed by atoms with E-state index in [1.54, 1.807) is 24.2 Å². The number of aromatic amines is 1. The van der Waals surface area contributed by atoms with Crippen molar-refractivity contribution in [3.8, 4) is 22.6 Å². The van der Waals surface area contributed by atoms with E-state index >= 15 is 0 Å². The molecule has 0 radical (unpaired) electrons. The summed E-state index contributed by atoms with van der Waals surface area (Å²) in [6, 6.07) is 15.2. The summed E-state index contributed by atoms with van der Waals surface area (Å²) in [6.45, 7) is 1.96. The lowest BCUT2D eigenvalue weighted by atomic mass is 10.1. The first-order chi connectivity index (χ1) is 13.2. The second-order valence-electron chi connectivity index (χ2n) is 6.22. The smallest absolute Gasteiger partial charge is 0.351 e. The first-order valence-electron chi connectivity index (χ1n) is 8.57. The van der Waals surface area contributed by atoms with Gasteiger partial charge in [-0.05, 0) is 42.3 Å². The number of ether oxygens (including phenoxy) is 1. The second kappa shape index (κ2) is 6.95. The van der Waals surface area contributed by atoms with E-state index in [1.165, 1.54) is 4.68 Å². The minimum atomic E-state index is -0.193. The van der Waals surface area contributed by atoms with Crippen LogP contribution in [0.1, 0.15) is 18.5 Å². The van der Waals surface area contributed by atoms with Crippen LogP contribution in [0.15, 0.2) is 72.0 Å². The number of benzene rings is 2. The van der Waals surface area contributed by atoms with Gasteiger partial charge in [0, 0.05) is 11.8 Å². The molecule has 1 N–H and O–H groups in total. The van der Waals surface area contributed by atoms with E-state index in [4.69, 9.17) is 4.74 Å². The van der Waals surface area contributed by atoms with Crippen LogP contribution in [0.2, 0.25) is 0 Å². The third-order valence-electron chi connectivity index (χ3n) is 4.63. The first kappa shape index (κ1) is 16.8. The maximum atomic E-state index is 12.9. The van der Waals surface area contributed by atoms with Crippen LogP contribution in [-0.4, -0.2) is 31.7 Å². The number of aromatic nitrogens is 5. The molecule has 2 heterocycles. The summed E-state index contributed by atoms with van der Waals surface area (Å²) >= 11 is 0. The Morgan fingerprint density at radius 1 is 1.11 bits per heavy atom. The summed E-state index contributed by atoms with van der Waals surface area (Å²) in [5, 5.41) is 11.0. The van der Waals surface area contributed by atoms with Crippen LogP contribution in [0.4, 0.5) is 0 Å². The van der Waals surface area contributed by atoms with Crippen LogP contribution in [0.3, 0.4) is 0 Å². The van der Waals surface area contributed by atoms with Gasteiger partial charge in [0.1, 0.15) is 12.1 Å². The van der Waals surface area contributed by atoms with E-state index in [9.17, 15) is 4.79 Å². The molecule has 2 aromatic heterocycles. The Hall–Kier alpha value is -3.61. The summed E-state index contributed by atoms with van der Waals surface area (Å²) in [4.78, 5) is 12.9. The number of methoxy groups -OCH3 is 1. The average Bonchev–Trinajstić information content (AvgIpc) is 3.38. The summed E-state index contributed by atoms with van der Waals surface area (Å²) in [7, 11) is 1.63. The minimum absolute atomic E-state index is 0.161. The zero-order chi connectivity index (χ0) is 18.8. The summed E-state index contributed by atoms with van der Waals surface area (Å²) in [5.74, 6) is 0.759. The van der Waals surface area contributed by atoms with Crippen molar-refractivity contribution in [2.24, 2.45) is 0 Å². The number of H-pyrrole nitrogens is 1. The monoisotopic (exact) mass is 361 g/mol. The van der Waals surface area contributed by atoms with Gasteiger partial charge in [-0.25, -0.2) is 4.79 Å². The molecule has 1 atom stereocenters. The highest BCUT2D eigenvalue weighted by atomic mass is 16.5. The fourth-order valence-electron chi connectivity index (χ4n) is 3.02. The molecule has 0 bridgehead atoms. The topological polar surface area (TPSA) is 77.7 Å². The summed E-state index contributed by atoms with van der Waals surface area (Å²) < 4.78 is 8.28. The molecule has 0 spiro atoms. The van der Waals surface area contributed by atoms with Gasteiger partial charge in [-0.15, -0.1) is 0 Å². The number of rotatable bonds is 5. The minimum Gasteiger partial charge on any atom is -0.497 e. The quantitative estimate of drug-likeness (QED) is 0.593. The van der Waals surface area contributed by atoms with Gasteiger partial charge >= 0.3 is 5.69 Å². The van der Waals surface area contributed by atoms with Gasteiger partial charge in [0.25, 0.3) is 0 Å². The molecule has 0 saturated heterocycles. The highest BCUT2D eigenvalue weighted by Crippen LogP contribution is 2.22. The van der Waals surface area contributed by atoms with Crippen molar-refractivity contribution in [1.82, 2.24) is 24.5 Å². The molecule has 0 aliphatic rings. The maximum absolute atomic E-state index is 12.9. The number of nitrogens with zero attached hydrogens (tertiary/aromatic N) is 4. The van der Waals surface area contributed by atoms with Gasteiger partial charge in [-0.3, -0.25) is 9.67 Å². The van der Waals surface area contributed by atoms with E-state index in [1.807, 2.05) is 61.7 Å². The van der Waals surface area contributed by atoms with Crippen molar-refractivity contribution in [2.45, 2.75) is 13.0 Å². The standard InChI is InChI=1S/C20H19N5O2/c1-14(16-4-3-5-19(10-16)27-2)24-13-23-25(20(24)26)18-8-6-15(7-9-18)17-11-21-22-12-17/h3-14H,1-2H3,(H,21,22). The van der Waals surface area contributed by atoms with Gasteiger partial charge in [0.15, 0.2) is 0 Å². The predicted molar refractivity (Wildman–Crippen MR) is 102 cm³/mol. The van der Waals surface area contributed by atoms with Crippen molar-refractivity contribution in [1.29, 1.82) is 0 Å². The second-order valence-corrected chi connectivity index (χ2v) is 6.22. The SMILES string of the molecule is COc1cccc(C(C)n2cnn(-c3ccc(-c4cn[nH]c4)cc3)c2=O)c1. The fraction of sp³-hybridized carbons (Fsp3) is 0.150. The summed E-state index contributed by atoms with van der Waals surface area (Å²) in [5.41, 5.74) is 3.51. The summed E-state index contributed by atoms with van der Waals surface area (Å²) in [6.07, 6.45) is 5.15. The number of nitrogens with one attached hydrogen (secondary N) is 1. The van der Waals surface area contributed by atoms with Gasteiger partial charge in [-0.2, -0.15) is 14.9 Å². The van der Waals surface area contributed by atoms with Gasteiger partial charge in [-0.1, -0.05) is 24.3 Å². The van der Waals surface area contributed by atoms with Crippen molar-refractivity contribution in [3.05, 3.63) is 83.3 Å². The average molecular weight is 361 g/mol. The molecule has 4 aromatic rings. The van der Waals surface area contributed by atoms with Gasteiger partial charge < -0.3 is 4.74 Å². The number of hydrogen-bond acceptors (Lipinski definition) is 4. The molecule has 0 amide bonds. The highest BCUT2D eigenvalue weighted by Gasteiger charge is 2.15. The van der Waals surface area contributed by atoms with Crippen molar-refractivity contribution in [2.75, 3.05) is 7.11 Å². The largest absolute Gasteiger partial charge is 0.497 e. The molecule has 27 heavy (non-hydrogen) atoms. The Balaban J connectivity index is 1.65. The normalized spacial score (nSPS) is 12.1. The molecule has 0 aliphatic carbocycles. The van der Waals surface area contributed by atoms with E-state index in [0.717, 1.165) is 22.4 Å². The third kappa shape index (κ3) is 3.15. The van der Waals surface area contributed by atoms with Crippen LogP contribution in [0.5, 0.6) is 5.75 Å². The van der Waals surface area contributed by atoms with Crippen LogP contribution >= 0.6 is 0 Å². The van der Waals surface area contributed by atoms with Crippen LogP contribution in [0, 0.1) is 0 Å². The molecular weight excluding hydrogens is 342 g/mol. The van der Waals surface area contributed by atoms with Crippen LogP contribution in [-0.2, 0) is 0 Å². The highest BCUT2D eigenvalue weighted by molar-refractivity contribution is 5.62. The first-order valence-corrected chi connectivity index (χ1v) is 8.57.